The van der Waals surface area contributed by atoms with Gasteiger partial charge in [-0.15, -0.1) is 0 Å². The Morgan fingerprint density at radius 1 is 0.473 bits per heavy atom. The van der Waals surface area contributed by atoms with Crippen molar-refractivity contribution < 1.29 is 157 Å². The van der Waals surface area contributed by atoms with E-state index in [0.29, 0.717) is 61.9 Å². The van der Waals surface area contributed by atoms with Gasteiger partial charge in [-0.25, -0.2) is 0 Å². The number of carboxylic acids is 4. The molecule has 434 valence electrons. The summed E-state index contributed by atoms with van der Waals surface area (Å²) in [5.41, 5.74) is 0.367. The molecule has 26 heteroatoms. The van der Waals surface area contributed by atoms with Crippen LogP contribution in [0, 0.1) is 113 Å². The molecular weight excluding hydrogens is 1390 g/mol. The summed E-state index contributed by atoms with van der Waals surface area (Å²) < 4.78 is 8.58. The van der Waals surface area contributed by atoms with Crippen LogP contribution in [-0.4, -0.2) is 130 Å². The Morgan fingerprint density at radius 3 is 0.757 bits per heavy atom. The predicted molar refractivity (Wildman–Crippen MR) is 274 cm³/mol. The Balaban J connectivity index is -0.000000120. The molecule has 0 saturated heterocycles. The number of aliphatic carboxylic acids is 4. The molecule has 0 aromatic heterocycles. The number of benzene rings is 2. The molecule has 0 aliphatic carbocycles. The molecule has 2 radical (unpaired) electrons. The van der Waals surface area contributed by atoms with Crippen molar-refractivity contribution in [3.8, 4) is 23.0 Å². The van der Waals surface area contributed by atoms with Gasteiger partial charge >= 0.3 is 77.2 Å². The normalized spacial score (nSPS) is 10.6. The van der Waals surface area contributed by atoms with Crippen molar-refractivity contribution >= 4 is 93.5 Å². The first-order valence-electron chi connectivity index (χ1n) is 21.8. The van der Waals surface area contributed by atoms with E-state index in [2.05, 4.69) is 0 Å². The summed E-state index contributed by atoms with van der Waals surface area (Å²) in [5, 5.41) is 99.4. The van der Waals surface area contributed by atoms with E-state index in [0.717, 1.165) is 11.1 Å². The molecule has 0 atom stereocenters. The number of carboxylic acid groups (broad SMARTS) is 4. The van der Waals surface area contributed by atoms with Gasteiger partial charge in [-0.3, -0.25) is 9.80 Å². The second-order valence-electron chi connectivity index (χ2n) is 19.0. The minimum atomic E-state index is -1.01. The van der Waals surface area contributed by atoms with Crippen molar-refractivity contribution in [2.24, 2.45) is 21.7 Å². The standard InChI is InChI=1S/2C13H21NO4.4C5H10O2.2CHCl3.2Tb/c2*1-10-7-11(13(17)12(8-10)18-2)9-14(3-5-15)4-6-16;4*1-5(2,3)4(6)7;2*2-1(3)4;;/h2*7-8,15-17H,3-6,9H2,1-2H3;4*1-3H3,(H,6,7);2*1H;;/q;;;;;;;;2*+4/p-6. The Bertz CT molecular complexity index is 1600. The first kappa shape index (κ1) is 90.1. The SMILES string of the molecule is CC(C)(C)C(=O)[O-].CC(C)(C)C(=O)[O-].CC(C)(C)C(=O)[O-].CC(C)(C)C(=O)[O-].COc1cc(C)cc(CN(CCO)CCO)c1[O-].COc1cc(C)cc(CN(CCO)CCO)c1[O-].ClC(Cl)Cl.ClC(Cl)Cl.[Tb+4].[Tb+4]. The van der Waals surface area contributed by atoms with Crippen LogP contribution in [0.15, 0.2) is 24.3 Å². The quantitative estimate of drug-likeness (QED) is 0.198. The Kier molecular flexibility index (Phi) is 59.1. The van der Waals surface area contributed by atoms with Gasteiger partial charge in [0, 0.05) is 84.8 Å². The second-order valence-corrected chi connectivity index (χ2v) is 23.0. The summed E-state index contributed by atoms with van der Waals surface area (Å²) in [4.78, 5) is 43.3. The monoisotopic (exact) mass is 1470 g/mol. The van der Waals surface area contributed by atoms with Crippen LogP contribution in [0.1, 0.15) is 105 Å². The van der Waals surface area contributed by atoms with Gasteiger partial charge < -0.3 is 79.7 Å². The van der Waals surface area contributed by atoms with E-state index >= 15 is 0 Å². The maximum atomic E-state index is 12.0. The average Bonchev–Trinajstić information content (AvgIpc) is 3.20. The van der Waals surface area contributed by atoms with E-state index in [1.807, 2.05) is 35.8 Å². The zero-order valence-electron chi connectivity index (χ0n) is 45.1. The van der Waals surface area contributed by atoms with Crippen molar-refractivity contribution in [2.75, 3.05) is 66.8 Å². The van der Waals surface area contributed by atoms with Crippen LogP contribution in [0.3, 0.4) is 0 Å². The summed E-state index contributed by atoms with van der Waals surface area (Å²) in [6, 6.07) is 7.03. The summed E-state index contributed by atoms with van der Waals surface area (Å²) in [7, 11) is 2.94. The molecule has 0 heterocycles. The molecule has 0 saturated carbocycles. The zero-order valence-corrected chi connectivity index (χ0v) is 53.9. The summed E-state index contributed by atoms with van der Waals surface area (Å²) in [6.07, 6.45) is 0. The molecule has 0 unspecified atom stereocenters. The van der Waals surface area contributed by atoms with Gasteiger partial charge in [0.15, 0.2) is 8.59 Å². The van der Waals surface area contributed by atoms with Crippen LogP contribution in [0.5, 0.6) is 23.0 Å². The van der Waals surface area contributed by atoms with Crippen molar-refractivity contribution in [3.63, 3.8) is 0 Å². The zero-order chi connectivity index (χ0) is 58.6. The number of aryl methyl sites for hydroxylation is 2. The van der Waals surface area contributed by atoms with Gasteiger partial charge in [-0.05, 0) is 48.2 Å². The second kappa shape index (κ2) is 48.5. The number of hydrogen-bond acceptors (Lipinski definition) is 18. The number of carbonyl (C=O) groups excluding carboxylic acids is 4. The van der Waals surface area contributed by atoms with E-state index in [1.165, 1.54) is 14.2 Å². The Hall–Kier alpha value is -0.409. The van der Waals surface area contributed by atoms with Crippen LogP contribution in [-0.2, 0) is 32.3 Å². The third kappa shape index (κ3) is 56.3. The number of halogens is 6. The minimum Gasteiger partial charge on any atom is -0.870 e. The average molecular weight is 1470 g/mol. The van der Waals surface area contributed by atoms with E-state index in [1.54, 1.807) is 95.2 Å². The van der Waals surface area contributed by atoms with Crippen LogP contribution in [0.25, 0.3) is 0 Å². The molecule has 2 aromatic carbocycles. The maximum absolute atomic E-state index is 12.0. The van der Waals surface area contributed by atoms with Crippen LogP contribution in [0.4, 0.5) is 0 Å². The molecule has 0 spiro atoms. The van der Waals surface area contributed by atoms with Gasteiger partial charge in [-0.2, -0.15) is 0 Å². The predicted octanol–water partition coefficient (Wildman–Crippen LogP) is 2.83. The van der Waals surface area contributed by atoms with Gasteiger partial charge in [0.1, 0.15) is 11.5 Å². The molecule has 4 N–H and O–H groups in total. The fourth-order valence-corrected chi connectivity index (χ4v) is 3.75. The molecule has 0 amide bonds. The third-order valence-corrected chi connectivity index (χ3v) is 7.89. The van der Waals surface area contributed by atoms with E-state index in [9.17, 15) is 49.8 Å². The largest absolute Gasteiger partial charge is 4.00 e. The summed E-state index contributed by atoms with van der Waals surface area (Å²) in [6.45, 7) is 25.5. The minimum absolute atomic E-state index is 0. The molecule has 0 bridgehead atoms. The molecule has 0 aliphatic heterocycles. The van der Waals surface area contributed by atoms with Crippen molar-refractivity contribution in [1.29, 1.82) is 0 Å². The summed E-state index contributed by atoms with van der Waals surface area (Å²) in [5.74, 6) is -3.64. The van der Waals surface area contributed by atoms with E-state index in [4.69, 9.17) is 99.5 Å². The van der Waals surface area contributed by atoms with Gasteiger partial charge in [-0.1, -0.05) is 176 Å². The van der Waals surface area contributed by atoms with Crippen LogP contribution < -0.4 is 40.1 Å². The molecule has 2 aromatic rings. The first-order valence-corrected chi connectivity index (χ1v) is 24.4. The van der Waals surface area contributed by atoms with Crippen LogP contribution in [0.2, 0.25) is 0 Å². The fourth-order valence-electron chi connectivity index (χ4n) is 3.75. The Morgan fingerprint density at radius 2 is 0.635 bits per heavy atom. The van der Waals surface area contributed by atoms with Crippen molar-refractivity contribution in [3.05, 3.63) is 46.5 Å². The van der Waals surface area contributed by atoms with Gasteiger partial charge in [0.25, 0.3) is 0 Å². The van der Waals surface area contributed by atoms with Crippen molar-refractivity contribution in [1.82, 2.24) is 9.80 Å². The number of aliphatic hydroxyl groups excluding tert-OH is 4. The topological polar surface area (TPSA) is 312 Å². The molecule has 0 fully saturated rings. The maximum Gasteiger partial charge on any atom is 4.00 e. The molecule has 18 nitrogen and oxygen atoms in total. The number of aliphatic hydroxyl groups is 4. The number of rotatable bonds is 14. The smallest absolute Gasteiger partial charge is 0.870 e. The van der Waals surface area contributed by atoms with Crippen LogP contribution >= 0.6 is 69.6 Å². The van der Waals surface area contributed by atoms with E-state index in [-0.39, 0.29) is 115 Å². The van der Waals surface area contributed by atoms with Gasteiger partial charge in [0.05, 0.1) is 40.6 Å². The molecule has 0 aliphatic rings. The number of ether oxygens (including phenoxy) is 2. The molecule has 74 heavy (non-hydrogen) atoms. The first-order chi connectivity index (χ1) is 32.5. The fraction of sp³-hybridized carbons (Fsp3) is 0.667. The van der Waals surface area contributed by atoms with Crippen molar-refractivity contribution in [2.45, 2.75) is 119 Å². The third-order valence-electron chi connectivity index (χ3n) is 7.89. The number of hydrogen-bond donors (Lipinski definition) is 4. The molecular formula is C48H78Cl6N2O16Tb2+2. The molecule has 2 rings (SSSR count). The summed E-state index contributed by atoms with van der Waals surface area (Å²) >= 11 is 28.8. The number of nitrogens with zero attached hydrogens (tertiary/aromatic N) is 2. The van der Waals surface area contributed by atoms with Gasteiger partial charge in [0.2, 0.25) is 0 Å². The van der Waals surface area contributed by atoms with E-state index < -0.39 is 54.1 Å². The number of carbonyl (C=O) groups is 4. The number of methoxy groups -OCH3 is 2. The number of alkyl halides is 6. The Labute approximate surface area is 531 Å².